The maximum absolute atomic E-state index is 13.2. The molecule has 162 valence electrons. The van der Waals surface area contributed by atoms with Gasteiger partial charge in [-0.1, -0.05) is 19.4 Å². The van der Waals surface area contributed by atoms with Crippen molar-refractivity contribution in [2.24, 2.45) is 0 Å². The number of benzene rings is 2. The molecule has 0 aliphatic carbocycles. The van der Waals surface area contributed by atoms with Crippen LogP contribution >= 0.6 is 11.8 Å². The number of unbranched alkanes of at least 4 members (excludes halogenated alkanes) is 1. The van der Waals surface area contributed by atoms with Crippen LogP contribution in [0.2, 0.25) is 0 Å². The van der Waals surface area contributed by atoms with Gasteiger partial charge in [0.05, 0.1) is 28.9 Å². The van der Waals surface area contributed by atoms with Gasteiger partial charge >= 0.3 is 5.69 Å². The minimum atomic E-state index is -3.77. The Morgan fingerprint density at radius 2 is 1.97 bits per heavy atom. The lowest BCUT2D eigenvalue weighted by molar-refractivity contribution is -0.385. The first-order valence-corrected chi connectivity index (χ1v) is 12.1. The summed E-state index contributed by atoms with van der Waals surface area (Å²) in [6.07, 6.45) is 1.95. The first kappa shape index (κ1) is 22.4. The van der Waals surface area contributed by atoms with E-state index in [9.17, 15) is 18.5 Å². The van der Waals surface area contributed by atoms with Gasteiger partial charge in [0, 0.05) is 18.4 Å². The second kappa shape index (κ2) is 9.67. The van der Waals surface area contributed by atoms with Crippen LogP contribution in [0, 0.1) is 10.1 Å². The predicted molar refractivity (Wildman–Crippen MR) is 116 cm³/mol. The average Bonchev–Trinajstić information content (AvgIpc) is 3.24. The van der Waals surface area contributed by atoms with Crippen LogP contribution in [0.5, 0.6) is 11.5 Å². The van der Waals surface area contributed by atoms with Gasteiger partial charge in [0.1, 0.15) is 5.75 Å². The Bertz CT molecular complexity index is 995. The van der Waals surface area contributed by atoms with Gasteiger partial charge in [-0.25, -0.2) is 8.42 Å². The molecule has 2 aromatic carbocycles. The van der Waals surface area contributed by atoms with Crippen LogP contribution in [0.3, 0.4) is 0 Å². The molecule has 0 unspecified atom stereocenters. The zero-order chi connectivity index (χ0) is 21.7. The summed E-state index contributed by atoms with van der Waals surface area (Å²) in [6, 6.07) is 10.9. The topological polar surface area (TPSA) is 99.0 Å². The first-order chi connectivity index (χ1) is 14.4. The third-order valence-corrected chi connectivity index (χ3v) is 8.00. The highest BCUT2D eigenvalue weighted by atomic mass is 32.2. The van der Waals surface area contributed by atoms with E-state index in [-0.39, 0.29) is 16.3 Å². The van der Waals surface area contributed by atoms with E-state index in [1.165, 1.54) is 47.4 Å². The number of hydrogen-bond acceptors (Lipinski definition) is 7. The molecule has 8 nitrogen and oxygen atoms in total. The highest BCUT2D eigenvalue weighted by Gasteiger charge is 2.37. The number of thioether (sulfide) groups is 1. The number of nitro groups is 1. The highest BCUT2D eigenvalue weighted by molar-refractivity contribution is 8.01. The zero-order valence-corrected chi connectivity index (χ0v) is 18.4. The number of methoxy groups -OCH3 is 1. The fourth-order valence-electron chi connectivity index (χ4n) is 3.14. The van der Waals surface area contributed by atoms with Gasteiger partial charge in [0.15, 0.2) is 5.75 Å². The van der Waals surface area contributed by atoms with Gasteiger partial charge in [-0.15, -0.1) is 11.8 Å². The van der Waals surface area contributed by atoms with E-state index < -0.39 is 20.3 Å². The van der Waals surface area contributed by atoms with Crippen molar-refractivity contribution in [2.75, 3.05) is 26.0 Å². The molecule has 1 aliphatic rings. The second-order valence-corrected chi connectivity index (χ2v) is 9.78. The molecule has 0 bridgehead atoms. The van der Waals surface area contributed by atoms with Crippen LogP contribution in [0.15, 0.2) is 47.4 Å². The Hall–Kier alpha value is -2.30. The summed E-state index contributed by atoms with van der Waals surface area (Å²) in [5.74, 6) is 1.36. The monoisotopic (exact) mass is 452 g/mol. The van der Waals surface area contributed by atoms with E-state index >= 15 is 0 Å². The number of sulfonamides is 1. The molecular formula is C20H24N2O6S2. The Morgan fingerprint density at radius 3 is 2.60 bits per heavy atom. The highest BCUT2D eigenvalue weighted by Crippen LogP contribution is 2.43. The van der Waals surface area contributed by atoms with E-state index in [0.29, 0.717) is 30.2 Å². The van der Waals surface area contributed by atoms with Gasteiger partial charge in [-0.2, -0.15) is 4.31 Å². The summed E-state index contributed by atoms with van der Waals surface area (Å²) in [4.78, 5) is 11.0. The second-order valence-electron chi connectivity index (χ2n) is 6.70. The summed E-state index contributed by atoms with van der Waals surface area (Å²) in [5, 5.41) is 10.8. The lowest BCUT2D eigenvalue weighted by atomic mass is 10.2. The number of hydrogen-bond donors (Lipinski definition) is 0. The van der Waals surface area contributed by atoms with Crippen molar-refractivity contribution in [3.8, 4) is 11.5 Å². The summed E-state index contributed by atoms with van der Waals surface area (Å²) >= 11 is 1.43. The Morgan fingerprint density at radius 1 is 1.23 bits per heavy atom. The standard InChI is InChI=1S/C20H24N2O6S2/c1-3-4-12-28-16-6-8-17(9-7-16)30(25,26)21-11-13-29-20(21)15-5-10-19(27-2)18(14-15)22(23)24/h5-10,14,20H,3-4,11-13H2,1-2H3/t20-/m0/s1. The third kappa shape index (κ3) is 4.71. The number of ether oxygens (including phenoxy) is 2. The third-order valence-electron chi connectivity index (χ3n) is 4.73. The smallest absolute Gasteiger partial charge is 0.311 e. The molecule has 0 saturated carbocycles. The lowest BCUT2D eigenvalue weighted by Gasteiger charge is -2.23. The molecule has 30 heavy (non-hydrogen) atoms. The largest absolute Gasteiger partial charge is 0.494 e. The summed E-state index contributed by atoms with van der Waals surface area (Å²) in [5.41, 5.74) is 0.363. The van der Waals surface area contributed by atoms with E-state index in [0.717, 1.165) is 12.8 Å². The number of nitro benzene ring substituents is 1. The molecule has 10 heteroatoms. The minimum absolute atomic E-state index is 0.139. The van der Waals surface area contributed by atoms with E-state index in [2.05, 4.69) is 6.92 Å². The number of nitrogens with zero attached hydrogens (tertiary/aromatic N) is 2. The van der Waals surface area contributed by atoms with Crippen molar-refractivity contribution < 1.29 is 22.8 Å². The molecule has 0 radical (unpaired) electrons. The van der Waals surface area contributed by atoms with Crippen molar-refractivity contribution >= 4 is 27.5 Å². The van der Waals surface area contributed by atoms with Crippen molar-refractivity contribution in [3.05, 3.63) is 58.1 Å². The van der Waals surface area contributed by atoms with Gasteiger partial charge in [0.25, 0.3) is 0 Å². The minimum Gasteiger partial charge on any atom is -0.494 e. The maximum Gasteiger partial charge on any atom is 0.311 e. The van der Waals surface area contributed by atoms with Crippen LogP contribution < -0.4 is 9.47 Å². The van der Waals surface area contributed by atoms with Crippen LogP contribution in [-0.4, -0.2) is 43.7 Å². The van der Waals surface area contributed by atoms with Crippen molar-refractivity contribution in [3.63, 3.8) is 0 Å². The summed E-state index contributed by atoms with van der Waals surface area (Å²) in [7, 11) is -2.41. The molecule has 1 saturated heterocycles. The molecule has 0 amide bonds. The van der Waals surface area contributed by atoms with Crippen LogP contribution in [0.25, 0.3) is 0 Å². The van der Waals surface area contributed by atoms with Crippen molar-refractivity contribution in [2.45, 2.75) is 30.0 Å². The zero-order valence-electron chi connectivity index (χ0n) is 16.8. The molecule has 0 spiro atoms. The molecule has 1 aliphatic heterocycles. The Kier molecular flexibility index (Phi) is 7.22. The normalized spacial score (nSPS) is 17.1. The van der Waals surface area contributed by atoms with Crippen LogP contribution in [0.4, 0.5) is 5.69 Å². The van der Waals surface area contributed by atoms with Crippen LogP contribution in [-0.2, 0) is 10.0 Å². The van der Waals surface area contributed by atoms with Gasteiger partial charge < -0.3 is 9.47 Å². The number of rotatable bonds is 9. The summed E-state index contributed by atoms with van der Waals surface area (Å²) < 4.78 is 38.5. The Labute approximate surface area is 180 Å². The SMILES string of the molecule is CCCCOc1ccc(S(=O)(=O)N2CCS[C@H]2c2ccc(OC)c([N+](=O)[O-])c2)cc1. The Balaban J connectivity index is 1.85. The summed E-state index contributed by atoms with van der Waals surface area (Å²) in [6.45, 7) is 2.98. The van der Waals surface area contributed by atoms with Gasteiger partial charge in [-0.05, 0) is 42.3 Å². The first-order valence-electron chi connectivity index (χ1n) is 9.57. The molecule has 1 fully saturated rings. The predicted octanol–water partition coefficient (Wildman–Crippen LogP) is 4.22. The van der Waals surface area contributed by atoms with E-state index in [1.54, 1.807) is 18.2 Å². The molecule has 1 atom stereocenters. The van der Waals surface area contributed by atoms with E-state index in [4.69, 9.17) is 9.47 Å². The fourth-order valence-corrected chi connectivity index (χ4v) is 6.37. The van der Waals surface area contributed by atoms with Gasteiger partial charge in [-0.3, -0.25) is 10.1 Å². The van der Waals surface area contributed by atoms with E-state index in [1.807, 2.05) is 0 Å². The lowest BCUT2D eigenvalue weighted by Crippen LogP contribution is -2.30. The van der Waals surface area contributed by atoms with Gasteiger partial charge in [0.2, 0.25) is 10.0 Å². The fraction of sp³-hybridized carbons (Fsp3) is 0.400. The molecular weight excluding hydrogens is 428 g/mol. The molecule has 3 rings (SSSR count). The average molecular weight is 453 g/mol. The molecule has 0 aromatic heterocycles. The quantitative estimate of drug-likeness (QED) is 0.319. The van der Waals surface area contributed by atoms with Crippen molar-refractivity contribution in [1.29, 1.82) is 0 Å². The maximum atomic E-state index is 13.2. The molecule has 2 aromatic rings. The molecule has 0 N–H and O–H groups in total. The van der Waals surface area contributed by atoms with Crippen LogP contribution in [0.1, 0.15) is 30.7 Å². The van der Waals surface area contributed by atoms with Crippen molar-refractivity contribution in [1.82, 2.24) is 4.31 Å². The molecule has 1 heterocycles.